The van der Waals surface area contributed by atoms with Crippen LogP contribution in [0.5, 0.6) is 0 Å². The number of piperidine rings is 1. The second-order valence-electron chi connectivity index (χ2n) is 6.42. The molecule has 4 nitrogen and oxygen atoms in total. The number of H-pyrrole nitrogens is 1. The SMILES string of the molecule is O=C(NC1CC1)N1CCC(c2c[nH]c3cc(Cl)ccc23)CC1. The van der Waals surface area contributed by atoms with E-state index in [2.05, 4.69) is 22.6 Å². The van der Waals surface area contributed by atoms with E-state index in [0.717, 1.165) is 49.3 Å². The number of amides is 2. The minimum atomic E-state index is 0.117. The maximum absolute atomic E-state index is 12.1. The Bertz CT molecular complexity index is 699. The van der Waals surface area contributed by atoms with Gasteiger partial charge in [0.1, 0.15) is 0 Å². The van der Waals surface area contributed by atoms with Gasteiger partial charge in [0.25, 0.3) is 0 Å². The van der Waals surface area contributed by atoms with Crippen LogP contribution in [0.4, 0.5) is 4.79 Å². The molecule has 2 aromatic rings. The van der Waals surface area contributed by atoms with Crippen LogP contribution in [0, 0.1) is 0 Å². The fraction of sp³-hybridized carbons (Fsp3) is 0.471. The van der Waals surface area contributed by atoms with Crippen molar-refractivity contribution in [2.75, 3.05) is 13.1 Å². The largest absolute Gasteiger partial charge is 0.361 e. The number of rotatable bonds is 2. The standard InChI is InChI=1S/C17H20ClN3O/c18-12-1-4-14-15(10-19-16(14)9-12)11-5-7-21(8-6-11)17(22)20-13-2-3-13/h1,4,9-11,13,19H,2-3,5-8H2,(H,20,22). The van der Waals surface area contributed by atoms with Crippen LogP contribution in [0.15, 0.2) is 24.4 Å². The molecule has 0 atom stereocenters. The third-order valence-corrected chi connectivity index (χ3v) is 5.04. The van der Waals surface area contributed by atoms with Gasteiger partial charge in [-0.25, -0.2) is 4.79 Å². The van der Waals surface area contributed by atoms with Gasteiger partial charge in [0, 0.05) is 41.3 Å². The van der Waals surface area contributed by atoms with Crippen LogP contribution in [0.1, 0.15) is 37.2 Å². The number of hydrogen-bond donors (Lipinski definition) is 2. The third-order valence-electron chi connectivity index (χ3n) is 4.80. The average Bonchev–Trinajstić information content (AvgIpc) is 3.24. The number of halogens is 1. The fourth-order valence-electron chi connectivity index (χ4n) is 3.35. The Morgan fingerprint density at radius 1 is 1.23 bits per heavy atom. The van der Waals surface area contributed by atoms with Gasteiger partial charge >= 0.3 is 6.03 Å². The molecule has 22 heavy (non-hydrogen) atoms. The maximum Gasteiger partial charge on any atom is 0.317 e. The first-order valence-corrected chi connectivity index (χ1v) is 8.40. The Kier molecular flexibility index (Phi) is 3.49. The summed E-state index contributed by atoms with van der Waals surface area (Å²) in [5, 5.41) is 5.09. The Balaban J connectivity index is 1.44. The summed E-state index contributed by atoms with van der Waals surface area (Å²) >= 11 is 6.04. The molecule has 1 aliphatic carbocycles. The Labute approximate surface area is 134 Å². The number of aromatic nitrogens is 1. The summed E-state index contributed by atoms with van der Waals surface area (Å²) < 4.78 is 0. The van der Waals surface area contributed by atoms with E-state index < -0.39 is 0 Å². The Morgan fingerprint density at radius 3 is 2.73 bits per heavy atom. The molecule has 2 aliphatic rings. The van der Waals surface area contributed by atoms with Crippen molar-refractivity contribution >= 4 is 28.5 Å². The summed E-state index contributed by atoms with van der Waals surface area (Å²) in [5.41, 5.74) is 2.45. The van der Waals surface area contributed by atoms with E-state index >= 15 is 0 Å². The molecule has 1 aliphatic heterocycles. The third kappa shape index (κ3) is 2.68. The van der Waals surface area contributed by atoms with Crippen molar-refractivity contribution in [2.24, 2.45) is 0 Å². The van der Waals surface area contributed by atoms with Crippen molar-refractivity contribution in [1.82, 2.24) is 15.2 Å². The minimum absolute atomic E-state index is 0.117. The van der Waals surface area contributed by atoms with E-state index in [1.54, 1.807) is 0 Å². The summed E-state index contributed by atoms with van der Waals surface area (Å²) in [5.74, 6) is 0.514. The van der Waals surface area contributed by atoms with Gasteiger partial charge in [-0.2, -0.15) is 0 Å². The number of likely N-dealkylation sites (tertiary alicyclic amines) is 1. The van der Waals surface area contributed by atoms with E-state index in [0.29, 0.717) is 12.0 Å². The average molecular weight is 318 g/mol. The monoisotopic (exact) mass is 317 g/mol. The molecule has 1 aromatic heterocycles. The summed E-state index contributed by atoms with van der Waals surface area (Å²) in [6.45, 7) is 1.67. The fourth-order valence-corrected chi connectivity index (χ4v) is 3.52. The van der Waals surface area contributed by atoms with E-state index in [1.165, 1.54) is 10.9 Å². The number of benzene rings is 1. The summed E-state index contributed by atoms with van der Waals surface area (Å²) in [4.78, 5) is 17.4. The molecular weight excluding hydrogens is 298 g/mol. The molecule has 0 spiro atoms. The van der Waals surface area contributed by atoms with Gasteiger partial charge in [-0.05, 0) is 49.3 Å². The summed E-state index contributed by atoms with van der Waals surface area (Å²) in [6.07, 6.45) is 6.42. The van der Waals surface area contributed by atoms with Crippen molar-refractivity contribution in [3.63, 3.8) is 0 Å². The molecule has 1 saturated carbocycles. The van der Waals surface area contributed by atoms with Gasteiger partial charge in [-0.1, -0.05) is 17.7 Å². The molecule has 2 amide bonds. The summed E-state index contributed by atoms with van der Waals surface area (Å²) in [7, 11) is 0. The zero-order valence-electron chi connectivity index (χ0n) is 12.4. The van der Waals surface area contributed by atoms with Crippen LogP contribution in [0.2, 0.25) is 5.02 Å². The van der Waals surface area contributed by atoms with Crippen molar-refractivity contribution < 1.29 is 4.79 Å². The lowest BCUT2D eigenvalue weighted by molar-refractivity contribution is 0.181. The van der Waals surface area contributed by atoms with Crippen molar-refractivity contribution in [3.8, 4) is 0 Å². The van der Waals surface area contributed by atoms with Crippen LogP contribution in [-0.4, -0.2) is 35.0 Å². The molecular formula is C17H20ClN3O. The smallest absolute Gasteiger partial charge is 0.317 e. The highest BCUT2D eigenvalue weighted by Crippen LogP contribution is 2.34. The number of urea groups is 1. The lowest BCUT2D eigenvalue weighted by Crippen LogP contribution is -2.44. The number of aromatic amines is 1. The van der Waals surface area contributed by atoms with Gasteiger partial charge in [0.2, 0.25) is 0 Å². The molecule has 5 heteroatoms. The van der Waals surface area contributed by atoms with Crippen molar-refractivity contribution in [3.05, 3.63) is 35.0 Å². The van der Waals surface area contributed by atoms with Crippen LogP contribution < -0.4 is 5.32 Å². The molecule has 1 saturated heterocycles. The molecule has 116 valence electrons. The first-order valence-electron chi connectivity index (χ1n) is 8.02. The van der Waals surface area contributed by atoms with E-state index in [1.807, 2.05) is 17.0 Å². The lowest BCUT2D eigenvalue weighted by Gasteiger charge is -2.32. The Morgan fingerprint density at radius 2 is 2.00 bits per heavy atom. The van der Waals surface area contributed by atoms with Gasteiger partial charge < -0.3 is 15.2 Å². The predicted molar refractivity (Wildman–Crippen MR) is 88.4 cm³/mol. The number of hydrogen-bond acceptors (Lipinski definition) is 1. The van der Waals surface area contributed by atoms with Gasteiger partial charge in [0.15, 0.2) is 0 Å². The quantitative estimate of drug-likeness (QED) is 0.867. The van der Waals surface area contributed by atoms with Gasteiger partial charge in [0.05, 0.1) is 0 Å². The molecule has 1 aromatic carbocycles. The predicted octanol–water partition coefficient (Wildman–Crippen LogP) is 3.87. The maximum atomic E-state index is 12.1. The second kappa shape index (κ2) is 5.51. The van der Waals surface area contributed by atoms with Gasteiger partial charge in [-0.15, -0.1) is 0 Å². The van der Waals surface area contributed by atoms with Crippen molar-refractivity contribution in [2.45, 2.75) is 37.6 Å². The number of carbonyl (C=O) groups is 1. The molecule has 2 heterocycles. The highest BCUT2D eigenvalue weighted by Gasteiger charge is 2.29. The van der Waals surface area contributed by atoms with E-state index in [4.69, 9.17) is 11.6 Å². The first-order chi connectivity index (χ1) is 10.7. The summed E-state index contributed by atoms with van der Waals surface area (Å²) in [6, 6.07) is 6.56. The zero-order chi connectivity index (χ0) is 15.1. The van der Waals surface area contributed by atoms with Crippen LogP contribution in [-0.2, 0) is 0 Å². The lowest BCUT2D eigenvalue weighted by atomic mass is 9.89. The first kappa shape index (κ1) is 13.9. The number of carbonyl (C=O) groups excluding carboxylic acids is 1. The van der Waals surface area contributed by atoms with Crippen LogP contribution in [0.25, 0.3) is 10.9 Å². The highest BCUT2D eigenvalue weighted by atomic mass is 35.5. The number of fused-ring (bicyclic) bond motifs is 1. The van der Waals surface area contributed by atoms with E-state index in [9.17, 15) is 4.79 Å². The van der Waals surface area contributed by atoms with Crippen LogP contribution in [0.3, 0.4) is 0 Å². The van der Waals surface area contributed by atoms with E-state index in [-0.39, 0.29) is 6.03 Å². The second-order valence-corrected chi connectivity index (χ2v) is 6.86. The highest BCUT2D eigenvalue weighted by molar-refractivity contribution is 6.31. The molecule has 2 fully saturated rings. The molecule has 2 N–H and O–H groups in total. The topological polar surface area (TPSA) is 48.1 Å². The number of nitrogens with zero attached hydrogens (tertiary/aromatic N) is 1. The normalized spacial score (nSPS) is 19.6. The zero-order valence-corrected chi connectivity index (χ0v) is 13.2. The molecule has 0 bridgehead atoms. The van der Waals surface area contributed by atoms with Crippen LogP contribution >= 0.6 is 11.6 Å². The minimum Gasteiger partial charge on any atom is -0.361 e. The molecule has 0 radical (unpaired) electrons. The molecule has 0 unspecified atom stereocenters. The van der Waals surface area contributed by atoms with Gasteiger partial charge in [-0.3, -0.25) is 0 Å². The van der Waals surface area contributed by atoms with Crippen molar-refractivity contribution in [1.29, 1.82) is 0 Å². The Hall–Kier alpha value is -1.68. The number of nitrogens with one attached hydrogen (secondary N) is 2. The molecule has 4 rings (SSSR count).